The molecular weight excluding hydrogens is 230 g/mol. The van der Waals surface area contributed by atoms with Crippen LogP contribution >= 0.6 is 0 Å². The molecule has 18 heavy (non-hydrogen) atoms. The first-order valence-corrected chi connectivity index (χ1v) is 6.41. The lowest BCUT2D eigenvalue weighted by Gasteiger charge is -2.36. The molecular formula is C14H21NO3. The maximum atomic E-state index is 9.90. The molecule has 1 saturated heterocycles. The van der Waals surface area contributed by atoms with Gasteiger partial charge in [-0.05, 0) is 38.9 Å². The number of hydrogen-bond acceptors (Lipinski definition) is 4. The Labute approximate surface area is 108 Å². The van der Waals surface area contributed by atoms with Crippen molar-refractivity contribution in [2.24, 2.45) is 0 Å². The number of aromatic hydroxyl groups is 2. The van der Waals surface area contributed by atoms with Crippen molar-refractivity contribution in [3.63, 3.8) is 0 Å². The van der Waals surface area contributed by atoms with Crippen molar-refractivity contribution in [3.8, 4) is 11.5 Å². The summed E-state index contributed by atoms with van der Waals surface area (Å²) < 4.78 is 5.36. The topological polar surface area (TPSA) is 52.9 Å². The SMILES string of the molecule is CC(c1c(O)cccc1O)N(C)C1CCOCC1. The number of rotatable bonds is 3. The van der Waals surface area contributed by atoms with Gasteiger partial charge in [0.15, 0.2) is 0 Å². The monoisotopic (exact) mass is 251 g/mol. The van der Waals surface area contributed by atoms with Crippen LogP contribution < -0.4 is 0 Å². The fraction of sp³-hybridized carbons (Fsp3) is 0.571. The minimum absolute atomic E-state index is 0.0192. The molecule has 0 aliphatic carbocycles. The van der Waals surface area contributed by atoms with Gasteiger partial charge in [0.2, 0.25) is 0 Å². The van der Waals surface area contributed by atoms with Crippen molar-refractivity contribution in [3.05, 3.63) is 23.8 Å². The highest BCUT2D eigenvalue weighted by Crippen LogP contribution is 2.36. The largest absolute Gasteiger partial charge is 0.507 e. The van der Waals surface area contributed by atoms with Crippen LogP contribution in [0.2, 0.25) is 0 Å². The second kappa shape index (κ2) is 5.59. The van der Waals surface area contributed by atoms with E-state index in [-0.39, 0.29) is 17.5 Å². The van der Waals surface area contributed by atoms with Gasteiger partial charge in [0, 0.05) is 25.3 Å². The van der Waals surface area contributed by atoms with Crippen molar-refractivity contribution in [2.75, 3.05) is 20.3 Å². The third kappa shape index (κ3) is 2.60. The van der Waals surface area contributed by atoms with Gasteiger partial charge in [-0.15, -0.1) is 0 Å². The average Bonchev–Trinajstić information content (AvgIpc) is 2.38. The molecule has 4 heteroatoms. The summed E-state index contributed by atoms with van der Waals surface area (Å²) in [6.07, 6.45) is 1.99. The van der Waals surface area contributed by atoms with Gasteiger partial charge in [-0.3, -0.25) is 4.90 Å². The van der Waals surface area contributed by atoms with Crippen LogP contribution in [-0.4, -0.2) is 41.4 Å². The van der Waals surface area contributed by atoms with Crippen LogP contribution in [0.4, 0.5) is 0 Å². The van der Waals surface area contributed by atoms with E-state index in [9.17, 15) is 10.2 Å². The van der Waals surface area contributed by atoms with Gasteiger partial charge >= 0.3 is 0 Å². The van der Waals surface area contributed by atoms with E-state index in [1.165, 1.54) is 0 Å². The molecule has 0 spiro atoms. The third-order valence-electron chi connectivity index (χ3n) is 3.86. The predicted molar refractivity (Wildman–Crippen MR) is 69.8 cm³/mol. The molecule has 1 aromatic carbocycles. The zero-order chi connectivity index (χ0) is 13.1. The Kier molecular flexibility index (Phi) is 4.09. The molecule has 2 rings (SSSR count). The van der Waals surface area contributed by atoms with Gasteiger partial charge < -0.3 is 14.9 Å². The number of ether oxygens (including phenoxy) is 1. The highest BCUT2D eigenvalue weighted by atomic mass is 16.5. The summed E-state index contributed by atoms with van der Waals surface area (Å²) in [7, 11) is 2.03. The molecule has 1 unspecified atom stereocenters. The van der Waals surface area contributed by atoms with Crippen LogP contribution in [-0.2, 0) is 4.74 Å². The van der Waals surface area contributed by atoms with Gasteiger partial charge in [-0.2, -0.15) is 0 Å². The van der Waals surface area contributed by atoms with E-state index in [4.69, 9.17) is 4.74 Å². The van der Waals surface area contributed by atoms with E-state index in [0.717, 1.165) is 26.1 Å². The van der Waals surface area contributed by atoms with E-state index >= 15 is 0 Å². The Balaban J connectivity index is 2.16. The molecule has 1 aromatic rings. The number of nitrogens with zero attached hydrogens (tertiary/aromatic N) is 1. The van der Waals surface area contributed by atoms with Crippen molar-refractivity contribution >= 4 is 0 Å². The highest BCUT2D eigenvalue weighted by Gasteiger charge is 2.26. The third-order valence-corrected chi connectivity index (χ3v) is 3.86. The van der Waals surface area contributed by atoms with Gasteiger partial charge in [0.25, 0.3) is 0 Å². The molecule has 1 aliphatic rings. The van der Waals surface area contributed by atoms with Gasteiger partial charge in [0.1, 0.15) is 11.5 Å². The van der Waals surface area contributed by atoms with Crippen LogP contribution in [0.5, 0.6) is 11.5 Å². The van der Waals surface area contributed by atoms with Crippen LogP contribution in [0.3, 0.4) is 0 Å². The van der Waals surface area contributed by atoms with Crippen molar-refractivity contribution in [1.82, 2.24) is 4.90 Å². The van der Waals surface area contributed by atoms with E-state index in [2.05, 4.69) is 4.90 Å². The Bertz CT molecular complexity index is 382. The van der Waals surface area contributed by atoms with Gasteiger partial charge in [-0.25, -0.2) is 0 Å². The molecule has 0 bridgehead atoms. The summed E-state index contributed by atoms with van der Waals surface area (Å²) in [6, 6.07) is 5.30. The normalized spacial score (nSPS) is 19.1. The second-order valence-electron chi connectivity index (χ2n) is 4.89. The second-order valence-corrected chi connectivity index (χ2v) is 4.89. The van der Waals surface area contributed by atoms with E-state index < -0.39 is 0 Å². The lowest BCUT2D eigenvalue weighted by Crippen LogP contribution is -2.38. The van der Waals surface area contributed by atoms with Crippen LogP contribution in [0.25, 0.3) is 0 Å². The fourth-order valence-electron chi connectivity index (χ4n) is 2.58. The lowest BCUT2D eigenvalue weighted by molar-refractivity contribution is 0.0302. The number of phenols is 2. The molecule has 0 amide bonds. The van der Waals surface area contributed by atoms with Crippen LogP contribution in [0.15, 0.2) is 18.2 Å². The summed E-state index contributed by atoms with van der Waals surface area (Å²) in [6.45, 7) is 3.58. The van der Waals surface area contributed by atoms with Crippen LogP contribution in [0, 0.1) is 0 Å². The van der Waals surface area contributed by atoms with Crippen molar-refractivity contribution in [1.29, 1.82) is 0 Å². The van der Waals surface area contributed by atoms with Gasteiger partial charge in [0.05, 0.1) is 5.56 Å². The summed E-state index contributed by atoms with van der Waals surface area (Å²) >= 11 is 0. The summed E-state index contributed by atoms with van der Waals surface area (Å²) in [4.78, 5) is 2.21. The minimum Gasteiger partial charge on any atom is -0.507 e. The molecule has 1 heterocycles. The Morgan fingerprint density at radius 1 is 1.22 bits per heavy atom. The molecule has 0 saturated carbocycles. The molecule has 1 atom stereocenters. The first-order valence-electron chi connectivity index (χ1n) is 6.41. The maximum Gasteiger partial charge on any atom is 0.124 e. The van der Waals surface area contributed by atoms with Gasteiger partial charge in [-0.1, -0.05) is 6.07 Å². The lowest BCUT2D eigenvalue weighted by atomic mass is 10.00. The molecule has 0 aromatic heterocycles. The van der Waals surface area contributed by atoms with Crippen molar-refractivity contribution in [2.45, 2.75) is 31.8 Å². The van der Waals surface area contributed by atoms with E-state index in [1.807, 2.05) is 14.0 Å². The molecule has 1 aliphatic heterocycles. The number of hydrogen-bond donors (Lipinski definition) is 2. The maximum absolute atomic E-state index is 9.90. The summed E-state index contributed by atoms with van der Waals surface area (Å²) in [5, 5.41) is 19.8. The molecule has 100 valence electrons. The summed E-state index contributed by atoms with van der Waals surface area (Å²) in [5.74, 6) is 0.308. The number of phenolic OH excluding ortho intramolecular Hbond substituents is 2. The van der Waals surface area contributed by atoms with Crippen LogP contribution in [0.1, 0.15) is 31.4 Å². The quantitative estimate of drug-likeness (QED) is 0.865. The standard InChI is InChI=1S/C14H21NO3/c1-10(14-12(16)4-3-5-13(14)17)15(2)11-6-8-18-9-7-11/h3-5,10-11,16-17H,6-9H2,1-2H3. The highest BCUT2D eigenvalue weighted by molar-refractivity contribution is 5.44. The Morgan fingerprint density at radius 2 is 1.78 bits per heavy atom. The molecule has 4 nitrogen and oxygen atoms in total. The number of benzene rings is 1. The zero-order valence-corrected chi connectivity index (χ0v) is 11.0. The fourth-order valence-corrected chi connectivity index (χ4v) is 2.58. The first-order chi connectivity index (χ1) is 8.61. The molecule has 2 N–H and O–H groups in total. The van der Waals surface area contributed by atoms with E-state index in [1.54, 1.807) is 18.2 Å². The molecule has 0 radical (unpaired) electrons. The molecule has 1 fully saturated rings. The van der Waals surface area contributed by atoms with E-state index in [0.29, 0.717) is 11.6 Å². The summed E-state index contributed by atoms with van der Waals surface area (Å²) in [5.41, 5.74) is 0.603. The predicted octanol–water partition coefficient (Wildman–Crippen LogP) is 2.27. The smallest absolute Gasteiger partial charge is 0.124 e. The Hall–Kier alpha value is -1.26. The minimum atomic E-state index is -0.0192. The average molecular weight is 251 g/mol. The zero-order valence-electron chi connectivity index (χ0n) is 11.0. The van der Waals surface area contributed by atoms with Crippen molar-refractivity contribution < 1.29 is 14.9 Å². The Morgan fingerprint density at radius 3 is 2.33 bits per heavy atom. The first kappa shape index (κ1) is 13.2.